The van der Waals surface area contributed by atoms with Crippen LogP contribution in [-0.4, -0.2) is 11.1 Å². The van der Waals surface area contributed by atoms with Crippen LogP contribution in [0.1, 0.15) is 42.3 Å². The molecule has 0 saturated carbocycles. The van der Waals surface area contributed by atoms with E-state index in [0.29, 0.717) is 5.56 Å². The smallest absolute Gasteiger partial charge is 0.335 e. The zero-order valence-corrected chi connectivity index (χ0v) is 9.37. The summed E-state index contributed by atoms with van der Waals surface area (Å²) in [6.07, 6.45) is 1.72. The first-order valence-corrected chi connectivity index (χ1v) is 4.86. The van der Waals surface area contributed by atoms with Crippen LogP contribution in [0.3, 0.4) is 0 Å². The molecule has 0 spiro atoms. The molecule has 80 valence electrons. The third kappa shape index (κ3) is 2.46. The molecular formula is C13H16O2. The molecular weight excluding hydrogens is 188 g/mol. The van der Waals surface area contributed by atoms with Crippen LogP contribution in [0.2, 0.25) is 0 Å². The average molecular weight is 204 g/mol. The standard InChI is InChI=1S/C13H16O2/c1-5-9-6-7-10(12(14)15)11(8-9)13(2,3)4/h5-8H,1H2,2-4H3,(H,14,15). The molecule has 0 atom stereocenters. The number of carboxylic acid groups (broad SMARTS) is 1. The number of hydrogen-bond donors (Lipinski definition) is 1. The van der Waals surface area contributed by atoms with Gasteiger partial charge in [-0.3, -0.25) is 0 Å². The Morgan fingerprint density at radius 2 is 2.00 bits per heavy atom. The first-order valence-electron chi connectivity index (χ1n) is 4.86. The lowest BCUT2D eigenvalue weighted by molar-refractivity contribution is 0.0694. The van der Waals surface area contributed by atoms with Crippen molar-refractivity contribution in [2.75, 3.05) is 0 Å². The van der Waals surface area contributed by atoms with Crippen molar-refractivity contribution in [2.45, 2.75) is 26.2 Å². The minimum absolute atomic E-state index is 0.174. The van der Waals surface area contributed by atoms with E-state index >= 15 is 0 Å². The third-order valence-electron chi connectivity index (χ3n) is 2.32. The van der Waals surface area contributed by atoms with Crippen molar-refractivity contribution >= 4 is 12.0 Å². The summed E-state index contributed by atoms with van der Waals surface area (Å²) in [5.41, 5.74) is 1.98. The van der Waals surface area contributed by atoms with Gasteiger partial charge in [0.1, 0.15) is 0 Å². The largest absolute Gasteiger partial charge is 0.478 e. The van der Waals surface area contributed by atoms with E-state index in [1.54, 1.807) is 18.2 Å². The van der Waals surface area contributed by atoms with Gasteiger partial charge in [-0.1, -0.05) is 45.6 Å². The predicted octanol–water partition coefficient (Wildman–Crippen LogP) is 3.33. The van der Waals surface area contributed by atoms with Gasteiger partial charge in [0.25, 0.3) is 0 Å². The molecule has 0 saturated heterocycles. The van der Waals surface area contributed by atoms with Gasteiger partial charge in [-0.05, 0) is 22.6 Å². The molecule has 15 heavy (non-hydrogen) atoms. The molecule has 1 rings (SSSR count). The fourth-order valence-electron chi connectivity index (χ4n) is 1.50. The molecule has 0 fully saturated rings. The second-order valence-corrected chi connectivity index (χ2v) is 4.56. The highest BCUT2D eigenvalue weighted by atomic mass is 16.4. The van der Waals surface area contributed by atoms with Gasteiger partial charge in [-0.25, -0.2) is 4.79 Å². The molecule has 0 bridgehead atoms. The summed E-state index contributed by atoms with van der Waals surface area (Å²) in [4.78, 5) is 11.0. The van der Waals surface area contributed by atoms with E-state index in [2.05, 4.69) is 6.58 Å². The van der Waals surface area contributed by atoms with Gasteiger partial charge in [0.05, 0.1) is 5.56 Å². The Balaban J connectivity index is 3.42. The molecule has 2 heteroatoms. The summed E-state index contributed by atoms with van der Waals surface area (Å²) in [6, 6.07) is 5.29. The van der Waals surface area contributed by atoms with Crippen molar-refractivity contribution in [3.8, 4) is 0 Å². The summed E-state index contributed by atoms with van der Waals surface area (Å²) in [7, 11) is 0. The van der Waals surface area contributed by atoms with E-state index < -0.39 is 5.97 Å². The minimum atomic E-state index is -0.879. The van der Waals surface area contributed by atoms with Crippen molar-refractivity contribution in [3.63, 3.8) is 0 Å². The maximum Gasteiger partial charge on any atom is 0.335 e. The Morgan fingerprint density at radius 1 is 1.40 bits per heavy atom. The van der Waals surface area contributed by atoms with Crippen molar-refractivity contribution < 1.29 is 9.90 Å². The zero-order valence-electron chi connectivity index (χ0n) is 9.37. The van der Waals surface area contributed by atoms with Crippen LogP contribution >= 0.6 is 0 Å². The summed E-state index contributed by atoms with van der Waals surface area (Å²) in [5, 5.41) is 9.07. The number of hydrogen-bond acceptors (Lipinski definition) is 1. The van der Waals surface area contributed by atoms with Gasteiger partial charge in [0.15, 0.2) is 0 Å². The van der Waals surface area contributed by atoms with Gasteiger partial charge in [-0.15, -0.1) is 0 Å². The number of rotatable bonds is 2. The lowest BCUT2D eigenvalue weighted by Gasteiger charge is -2.21. The van der Waals surface area contributed by atoms with Crippen molar-refractivity contribution in [1.82, 2.24) is 0 Å². The number of benzene rings is 1. The maximum absolute atomic E-state index is 11.0. The predicted molar refractivity (Wildman–Crippen MR) is 62.2 cm³/mol. The molecule has 1 N–H and O–H groups in total. The molecule has 1 aromatic carbocycles. The van der Waals surface area contributed by atoms with Gasteiger partial charge >= 0.3 is 5.97 Å². The summed E-state index contributed by atoms with van der Waals surface area (Å²) < 4.78 is 0. The minimum Gasteiger partial charge on any atom is -0.478 e. The van der Waals surface area contributed by atoms with E-state index in [1.165, 1.54) is 0 Å². The van der Waals surface area contributed by atoms with Gasteiger partial charge < -0.3 is 5.11 Å². The molecule has 1 aromatic rings. The normalized spacial score (nSPS) is 11.1. The van der Waals surface area contributed by atoms with Crippen LogP contribution in [0.25, 0.3) is 6.08 Å². The van der Waals surface area contributed by atoms with Crippen LogP contribution in [0.5, 0.6) is 0 Å². The van der Waals surface area contributed by atoms with E-state index in [0.717, 1.165) is 11.1 Å². The second-order valence-electron chi connectivity index (χ2n) is 4.56. The lowest BCUT2D eigenvalue weighted by atomic mass is 9.83. The molecule has 0 amide bonds. The Labute approximate surface area is 90.3 Å². The molecule has 0 heterocycles. The number of carbonyl (C=O) groups is 1. The number of aromatic carboxylic acids is 1. The van der Waals surface area contributed by atoms with E-state index in [9.17, 15) is 4.79 Å². The first kappa shape index (κ1) is 11.5. The summed E-state index contributed by atoms with van der Waals surface area (Å²) in [6.45, 7) is 9.69. The Hall–Kier alpha value is -1.57. The average Bonchev–Trinajstić information content (AvgIpc) is 2.15. The SMILES string of the molecule is C=Cc1ccc(C(=O)O)c(C(C)(C)C)c1. The molecule has 0 aliphatic carbocycles. The summed E-state index contributed by atoms with van der Waals surface area (Å²) >= 11 is 0. The molecule has 0 aromatic heterocycles. The van der Waals surface area contributed by atoms with Crippen LogP contribution in [0.15, 0.2) is 24.8 Å². The van der Waals surface area contributed by atoms with Gasteiger partial charge in [-0.2, -0.15) is 0 Å². The van der Waals surface area contributed by atoms with Crippen LogP contribution in [0.4, 0.5) is 0 Å². The first-order chi connectivity index (χ1) is 6.86. The summed E-state index contributed by atoms with van der Waals surface area (Å²) in [5.74, 6) is -0.879. The highest BCUT2D eigenvalue weighted by Gasteiger charge is 2.21. The van der Waals surface area contributed by atoms with Crippen molar-refractivity contribution in [1.29, 1.82) is 0 Å². The third-order valence-corrected chi connectivity index (χ3v) is 2.32. The fourth-order valence-corrected chi connectivity index (χ4v) is 1.50. The quantitative estimate of drug-likeness (QED) is 0.802. The van der Waals surface area contributed by atoms with Crippen LogP contribution in [-0.2, 0) is 5.41 Å². The highest BCUT2D eigenvalue weighted by Crippen LogP contribution is 2.27. The van der Waals surface area contributed by atoms with E-state index in [-0.39, 0.29) is 5.41 Å². The molecule has 0 aliphatic rings. The van der Waals surface area contributed by atoms with Gasteiger partial charge in [0.2, 0.25) is 0 Å². The molecule has 0 radical (unpaired) electrons. The lowest BCUT2D eigenvalue weighted by Crippen LogP contribution is -2.17. The van der Waals surface area contributed by atoms with Crippen LogP contribution in [0, 0.1) is 0 Å². The second kappa shape index (κ2) is 3.89. The highest BCUT2D eigenvalue weighted by molar-refractivity contribution is 5.90. The van der Waals surface area contributed by atoms with E-state index in [4.69, 9.17) is 5.11 Å². The Kier molecular flexibility index (Phi) is 2.98. The monoisotopic (exact) mass is 204 g/mol. The Morgan fingerprint density at radius 3 is 2.40 bits per heavy atom. The van der Waals surface area contributed by atoms with Gasteiger partial charge in [0, 0.05) is 0 Å². The van der Waals surface area contributed by atoms with E-state index in [1.807, 2.05) is 26.8 Å². The topological polar surface area (TPSA) is 37.3 Å². The van der Waals surface area contributed by atoms with Crippen molar-refractivity contribution in [3.05, 3.63) is 41.5 Å². The number of carboxylic acids is 1. The maximum atomic E-state index is 11.0. The fraction of sp³-hybridized carbons (Fsp3) is 0.308. The Bertz CT molecular complexity index is 397. The molecule has 0 aliphatic heterocycles. The molecule has 2 nitrogen and oxygen atoms in total. The zero-order chi connectivity index (χ0) is 11.6. The van der Waals surface area contributed by atoms with Crippen molar-refractivity contribution in [2.24, 2.45) is 0 Å². The molecule has 0 unspecified atom stereocenters. The van der Waals surface area contributed by atoms with Crippen LogP contribution < -0.4 is 0 Å².